The van der Waals surface area contributed by atoms with E-state index >= 15 is 0 Å². The van der Waals surface area contributed by atoms with Crippen molar-refractivity contribution in [2.24, 2.45) is 0 Å². The number of benzene rings is 4. The largest absolute Gasteiger partial charge is 0.465 e. The number of H-pyrrole nitrogens is 1. The maximum atomic E-state index is 14.1. The molecule has 0 unspecified atom stereocenters. The Hall–Kier alpha value is -4.16. The Morgan fingerprint density at radius 2 is 1.66 bits per heavy atom. The van der Waals surface area contributed by atoms with Gasteiger partial charge in [0.15, 0.2) is 0 Å². The average molecular weight is 487 g/mol. The Morgan fingerprint density at radius 3 is 2.37 bits per heavy atom. The third-order valence-corrected chi connectivity index (χ3v) is 6.07. The number of nitrogens with zero attached hydrogens (tertiary/aromatic N) is 1. The molecule has 174 valence electrons. The fourth-order valence-electron chi connectivity index (χ4n) is 3.91. The van der Waals surface area contributed by atoms with Crippen LogP contribution in [0.4, 0.5) is 4.39 Å². The molecular formula is C28H20ClFN2O3. The van der Waals surface area contributed by atoms with E-state index in [0.29, 0.717) is 32.9 Å². The highest BCUT2D eigenvalue weighted by molar-refractivity contribution is 6.34. The quantitative estimate of drug-likeness (QED) is 0.260. The van der Waals surface area contributed by atoms with Gasteiger partial charge >= 0.3 is 5.97 Å². The zero-order valence-electron chi connectivity index (χ0n) is 18.9. The van der Waals surface area contributed by atoms with Gasteiger partial charge in [0.25, 0.3) is 6.01 Å². The number of nitrogens with one attached hydrogen (secondary N) is 1. The Morgan fingerprint density at radius 1 is 0.943 bits per heavy atom. The van der Waals surface area contributed by atoms with Crippen LogP contribution in [0.3, 0.4) is 0 Å². The molecule has 0 saturated carbocycles. The minimum atomic E-state index is -0.435. The second-order valence-electron chi connectivity index (χ2n) is 8.02. The van der Waals surface area contributed by atoms with Crippen molar-refractivity contribution >= 4 is 28.6 Å². The smallest absolute Gasteiger partial charge is 0.338 e. The third-order valence-electron chi connectivity index (χ3n) is 5.76. The number of carbonyl (C=O) groups excluding carboxylic acids is 1. The van der Waals surface area contributed by atoms with Crippen LogP contribution >= 0.6 is 11.6 Å². The van der Waals surface area contributed by atoms with Crippen LogP contribution in [-0.2, 0) is 4.74 Å². The van der Waals surface area contributed by atoms with Gasteiger partial charge in [-0.2, -0.15) is 4.98 Å². The van der Waals surface area contributed by atoms with Crippen molar-refractivity contribution < 1.29 is 18.7 Å². The van der Waals surface area contributed by atoms with Crippen LogP contribution < -0.4 is 4.74 Å². The lowest BCUT2D eigenvalue weighted by Gasteiger charge is -2.07. The summed E-state index contributed by atoms with van der Waals surface area (Å²) in [5.74, 6) is -0.254. The first-order chi connectivity index (χ1) is 16.9. The second kappa shape index (κ2) is 9.24. The number of aromatic amines is 1. The molecule has 5 aromatic rings. The Labute approximate surface area is 206 Å². The van der Waals surface area contributed by atoms with E-state index in [-0.39, 0.29) is 11.8 Å². The van der Waals surface area contributed by atoms with Gasteiger partial charge in [-0.1, -0.05) is 60.1 Å². The molecule has 1 aromatic heterocycles. The number of aromatic nitrogens is 2. The van der Waals surface area contributed by atoms with E-state index in [9.17, 15) is 9.18 Å². The monoisotopic (exact) mass is 486 g/mol. The minimum Gasteiger partial charge on any atom is -0.465 e. The second-order valence-corrected chi connectivity index (χ2v) is 8.43. The first kappa shape index (κ1) is 22.6. The van der Waals surface area contributed by atoms with E-state index < -0.39 is 5.97 Å². The summed E-state index contributed by atoms with van der Waals surface area (Å²) in [4.78, 5) is 19.6. The molecule has 0 aliphatic heterocycles. The molecule has 0 radical (unpaired) electrons. The number of imidazole rings is 1. The average Bonchev–Trinajstić information content (AvgIpc) is 3.25. The van der Waals surface area contributed by atoms with Crippen LogP contribution in [0.5, 0.6) is 11.8 Å². The zero-order chi connectivity index (χ0) is 24.5. The maximum Gasteiger partial charge on any atom is 0.338 e. The molecule has 0 spiro atoms. The number of aryl methyl sites for hydroxylation is 1. The van der Waals surface area contributed by atoms with E-state index in [4.69, 9.17) is 21.1 Å². The summed E-state index contributed by atoms with van der Waals surface area (Å²) >= 11 is 6.58. The topological polar surface area (TPSA) is 64.2 Å². The number of ether oxygens (including phenoxy) is 2. The van der Waals surface area contributed by atoms with Gasteiger partial charge in [-0.3, -0.25) is 0 Å². The molecule has 5 nitrogen and oxygen atoms in total. The van der Waals surface area contributed by atoms with Crippen molar-refractivity contribution in [3.63, 3.8) is 0 Å². The van der Waals surface area contributed by atoms with Crippen molar-refractivity contribution in [3.8, 4) is 34.0 Å². The Balaban J connectivity index is 1.44. The number of methoxy groups -OCH3 is 1. The molecule has 5 rings (SSSR count). The van der Waals surface area contributed by atoms with E-state index in [2.05, 4.69) is 9.97 Å². The number of halogens is 2. The predicted octanol–water partition coefficient (Wildman–Crippen LogP) is 7.58. The van der Waals surface area contributed by atoms with Crippen LogP contribution in [0.25, 0.3) is 33.3 Å². The fourth-order valence-corrected chi connectivity index (χ4v) is 4.18. The normalized spacial score (nSPS) is 11.0. The van der Waals surface area contributed by atoms with Gasteiger partial charge in [0, 0.05) is 11.1 Å². The molecule has 0 atom stereocenters. The van der Waals surface area contributed by atoms with Crippen molar-refractivity contribution in [2.45, 2.75) is 6.92 Å². The molecule has 0 saturated heterocycles. The predicted molar refractivity (Wildman–Crippen MR) is 135 cm³/mol. The van der Waals surface area contributed by atoms with Crippen molar-refractivity contribution in [2.75, 3.05) is 7.11 Å². The van der Waals surface area contributed by atoms with E-state index in [1.54, 1.807) is 42.5 Å². The van der Waals surface area contributed by atoms with E-state index in [1.165, 1.54) is 13.2 Å². The lowest BCUT2D eigenvalue weighted by molar-refractivity contribution is 0.0599. The summed E-state index contributed by atoms with van der Waals surface area (Å²) in [5, 5.41) is 0.537. The molecule has 0 aliphatic carbocycles. The van der Waals surface area contributed by atoms with Gasteiger partial charge in [0.1, 0.15) is 11.6 Å². The number of hydrogen-bond acceptors (Lipinski definition) is 4. The third kappa shape index (κ3) is 4.48. The summed E-state index contributed by atoms with van der Waals surface area (Å²) in [5.41, 5.74) is 5.57. The highest BCUT2D eigenvalue weighted by Gasteiger charge is 2.14. The molecular weight excluding hydrogens is 467 g/mol. The molecule has 35 heavy (non-hydrogen) atoms. The maximum absolute atomic E-state index is 14.1. The number of rotatable bonds is 5. The number of esters is 1. The molecule has 0 aliphatic rings. The van der Waals surface area contributed by atoms with Crippen LogP contribution in [0.2, 0.25) is 5.02 Å². The van der Waals surface area contributed by atoms with Gasteiger partial charge in [-0.05, 0) is 53.9 Å². The molecule has 0 bridgehead atoms. The summed E-state index contributed by atoms with van der Waals surface area (Å²) in [6, 6.07) is 23.3. The lowest BCUT2D eigenvalue weighted by Crippen LogP contribution is -2.04. The summed E-state index contributed by atoms with van der Waals surface area (Å²) in [6.45, 7) is 1.82. The van der Waals surface area contributed by atoms with Gasteiger partial charge in [-0.25, -0.2) is 9.18 Å². The van der Waals surface area contributed by atoms with Crippen molar-refractivity contribution in [1.82, 2.24) is 9.97 Å². The highest BCUT2D eigenvalue weighted by Crippen LogP contribution is 2.34. The summed E-state index contributed by atoms with van der Waals surface area (Å²) < 4.78 is 24.8. The van der Waals surface area contributed by atoms with E-state index in [0.717, 1.165) is 22.3 Å². The fraction of sp³-hybridized carbons (Fsp3) is 0.0714. The summed E-state index contributed by atoms with van der Waals surface area (Å²) in [7, 11) is 1.34. The number of carbonyl (C=O) groups is 1. The van der Waals surface area contributed by atoms with Crippen molar-refractivity contribution in [1.29, 1.82) is 0 Å². The van der Waals surface area contributed by atoms with Crippen LogP contribution in [-0.4, -0.2) is 23.0 Å². The number of hydrogen-bond donors (Lipinski definition) is 1. The molecule has 1 heterocycles. The standard InChI is InChI=1S/C28H20ClFN2O3/c1-16-7-12-19(13-21(16)27(33)34-2)35-28-31-25-14-22(23(29)15-26(25)32-28)18-10-8-17(9-11-18)20-5-3-4-6-24(20)30/h3-15H,1-2H3,(H,31,32). The van der Waals surface area contributed by atoms with Gasteiger partial charge < -0.3 is 14.5 Å². The number of fused-ring (bicyclic) bond motifs is 1. The van der Waals surface area contributed by atoms with Gasteiger partial charge in [-0.15, -0.1) is 0 Å². The molecule has 0 fully saturated rings. The molecule has 4 aromatic carbocycles. The Bertz CT molecular complexity index is 1560. The molecule has 7 heteroatoms. The van der Waals surface area contributed by atoms with Crippen LogP contribution in [0.15, 0.2) is 78.9 Å². The van der Waals surface area contributed by atoms with Gasteiger partial charge in [0.05, 0.1) is 28.7 Å². The van der Waals surface area contributed by atoms with Crippen LogP contribution in [0, 0.1) is 12.7 Å². The minimum absolute atomic E-state index is 0.266. The Kier molecular flexibility index (Phi) is 5.97. The SMILES string of the molecule is COC(=O)c1cc(Oc2nc3cc(-c4ccc(-c5ccccc5F)cc4)c(Cl)cc3[nH]2)ccc1C. The van der Waals surface area contributed by atoms with Gasteiger partial charge in [0.2, 0.25) is 0 Å². The molecule has 0 amide bonds. The van der Waals surface area contributed by atoms with Crippen LogP contribution in [0.1, 0.15) is 15.9 Å². The summed E-state index contributed by atoms with van der Waals surface area (Å²) in [6.07, 6.45) is 0. The first-order valence-corrected chi connectivity index (χ1v) is 11.2. The first-order valence-electron chi connectivity index (χ1n) is 10.8. The van der Waals surface area contributed by atoms with E-state index in [1.807, 2.05) is 37.3 Å². The highest BCUT2D eigenvalue weighted by atomic mass is 35.5. The molecule has 1 N–H and O–H groups in total. The van der Waals surface area contributed by atoms with Crippen molar-refractivity contribution in [3.05, 3.63) is 101 Å². The zero-order valence-corrected chi connectivity index (χ0v) is 19.7. The lowest BCUT2D eigenvalue weighted by atomic mass is 10.00.